The van der Waals surface area contributed by atoms with Crippen LogP contribution in [0.25, 0.3) is 0 Å². The van der Waals surface area contributed by atoms with Crippen molar-refractivity contribution in [3.8, 4) is 11.5 Å². The summed E-state index contributed by atoms with van der Waals surface area (Å²) >= 11 is 0. The summed E-state index contributed by atoms with van der Waals surface area (Å²) in [5, 5.41) is 3.11. The van der Waals surface area contributed by atoms with E-state index < -0.39 is 0 Å². The Bertz CT molecular complexity index is 764. The molecule has 0 aromatic heterocycles. The largest absolute Gasteiger partial charge is 0.493 e. The van der Waals surface area contributed by atoms with E-state index >= 15 is 0 Å². The fourth-order valence-electron chi connectivity index (χ4n) is 3.72. The maximum absolute atomic E-state index is 12.7. The molecule has 1 unspecified atom stereocenters. The van der Waals surface area contributed by atoms with Crippen LogP contribution in [-0.4, -0.2) is 43.7 Å². The molecular formula is C23H30N2O3. The molecular weight excluding hydrogens is 352 g/mol. The van der Waals surface area contributed by atoms with Crippen LogP contribution >= 0.6 is 0 Å². The molecule has 2 aromatic rings. The number of benzene rings is 2. The lowest BCUT2D eigenvalue weighted by Crippen LogP contribution is -2.46. The molecule has 150 valence electrons. The topological polar surface area (TPSA) is 50.8 Å². The molecule has 1 fully saturated rings. The first-order valence-electron chi connectivity index (χ1n) is 10.1. The lowest BCUT2D eigenvalue weighted by molar-refractivity contribution is 0.0907. The Morgan fingerprint density at radius 3 is 2.71 bits per heavy atom. The van der Waals surface area contributed by atoms with Gasteiger partial charge in [0.05, 0.1) is 13.7 Å². The summed E-state index contributed by atoms with van der Waals surface area (Å²) in [6.07, 6.45) is 3.54. The highest BCUT2D eigenvalue weighted by molar-refractivity contribution is 5.94. The Balaban J connectivity index is 1.61. The zero-order valence-corrected chi connectivity index (χ0v) is 16.8. The van der Waals surface area contributed by atoms with Gasteiger partial charge in [-0.1, -0.05) is 36.8 Å². The number of likely N-dealkylation sites (tertiary alicyclic amines) is 1. The second-order valence-electron chi connectivity index (χ2n) is 7.11. The molecule has 1 heterocycles. The van der Waals surface area contributed by atoms with Crippen molar-refractivity contribution in [3.63, 3.8) is 0 Å². The van der Waals surface area contributed by atoms with Crippen molar-refractivity contribution in [3.05, 3.63) is 59.7 Å². The molecule has 0 bridgehead atoms. The van der Waals surface area contributed by atoms with E-state index in [1.54, 1.807) is 25.3 Å². The van der Waals surface area contributed by atoms with Crippen LogP contribution < -0.4 is 14.8 Å². The lowest BCUT2D eigenvalue weighted by Gasteiger charge is -2.36. The Kier molecular flexibility index (Phi) is 7.31. The quantitative estimate of drug-likeness (QED) is 0.753. The third-order valence-corrected chi connectivity index (χ3v) is 5.20. The minimum absolute atomic E-state index is 0.0751. The van der Waals surface area contributed by atoms with Crippen LogP contribution in [0.5, 0.6) is 11.5 Å². The molecule has 1 amide bonds. The molecule has 3 rings (SSSR count). The monoisotopic (exact) mass is 382 g/mol. The first-order chi connectivity index (χ1) is 13.7. The number of amides is 1. The first-order valence-corrected chi connectivity index (χ1v) is 10.1. The van der Waals surface area contributed by atoms with Crippen LogP contribution in [0.15, 0.2) is 48.5 Å². The minimum Gasteiger partial charge on any atom is -0.493 e. The van der Waals surface area contributed by atoms with E-state index in [9.17, 15) is 4.79 Å². The van der Waals surface area contributed by atoms with E-state index in [2.05, 4.69) is 34.5 Å². The van der Waals surface area contributed by atoms with Crippen molar-refractivity contribution in [1.82, 2.24) is 10.2 Å². The summed E-state index contributed by atoms with van der Waals surface area (Å²) in [7, 11) is 1.60. The molecule has 5 nitrogen and oxygen atoms in total. The smallest absolute Gasteiger partial charge is 0.251 e. The van der Waals surface area contributed by atoms with Crippen molar-refractivity contribution in [2.75, 3.05) is 26.8 Å². The van der Waals surface area contributed by atoms with E-state index in [0.29, 0.717) is 36.3 Å². The predicted molar refractivity (Wildman–Crippen MR) is 111 cm³/mol. The third-order valence-electron chi connectivity index (χ3n) is 5.20. The van der Waals surface area contributed by atoms with Crippen molar-refractivity contribution < 1.29 is 14.3 Å². The normalized spacial score (nSPS) is 17.1. The number of carbonyl (C=O) groups excluding carboxylic acids is 1. The van der Waals surface area contributed by atoms with Crippen molar-refractivity contribution in [2.45, 2.75) is 38.8 Å². The molecule has 2 aromatic carbocycles. The number of ether oxygens (including phenoxy) is 2. The van der Waals surface area contributed by atoms with Crippen molar-refractivity contribution in [2.24, 2.45) is 0 Å². The van der Waals surface area contributed by atoms with Gasteiger partial charge in [0.25, 0.3) is 5.91 Å². The van der Waals surface area contributed by atoms with Crippen LogP contribution in [0.3, 0.4) is 0 Å². The van der Waals surface area contributed by atoms with Gasteiger partial charge in [-0.2, -0.15) is 0 Å². The number of hydrogen-bond acceptors (Lipinski definition) is 4. The molecule has 0 aliphatic carbocycles. The van der Waals surface area contributed by atoms with E-state index in [1.165, 1.54) is 18.4 Å². The minimum atomic E-state index is -0.0751. The fourth-order valence-corrected chi connectivity index (χ4v) is 3.72. The van der Waals surface area contributed by atoms with Gasteiger partial charge in [-0.15, -0.1) is 0 Å². The van der Waals surface area contributed by atoms with Gasteiger partial charge in [0.1, 0.15) is 0 Å². The zero-order chi connectivity index (χ0) is 19.8. The number of hydrogen-bond donors (Lipinski definition) is 1. The van der Waals surface area contributed by atoms with Gasteiger partial charge in [0.2, 0.25) is 0 Å². The Morgan fingerprint density at radius 2 is 1.96 bits per heavy atom. The van der Waals surface area contributed by atoms with Gasteiger partial charge in [-0.3, -0.25) is 9.69 Å². The summed E-state index contributed by atoms with van der Waals surface area (Å²) in [6.45, 7) is 5.10. The highest BCUT2D eigenvalue weighted by Crippen LogP contribution is 2.28. The molecule has 0 radical (unpaired) electrons. The summed E-state index contributed by atoms with van der Waals surface area (Å²) in [6, 6.07) is 16.2. The summed E-state index contributed by atoms with van der Waals surface area (Å²) in [5.41, 5.74) is 1.91. The maximum atomic E-state index is 12.7. The predicted octanol–water partition coefficient (Wildman–Crippen LogP) is 3.88. The van der Waals surface area contributed by atoms with Crippen LogP contribution in [0.1, 0.15) is 42.1 Å². The Morgan fingerprint density at radius 1 is 1.14 bits per heavy atom. The second kappa shape index (κ2) is 10.1. The van der Waals surface area contributed by atoms with Gasteiger partial charge in [-0.25, -0.2) is 0 Å². The third kappa shape index (κ3) is 5.26. The number of nitrogens with zero attached hydrogens (tertiary/aromatic N) is 1. The van der Waals surface area contributed by atoms with Crippen LogP contribution in [0, 0.1) is 0 Å². The fraction of sp³-hybridized carbons (Fsp3) is 0.435. The van der Waals surface area contributed by atoms with E-state index in [4.69, 9.17) is 9.47 Å². The average molecular weight is 383 g/mol. The standard InChI is InChI=1S/C23H30N2O3/c1-3-28-22-15-19(12-13-21(22)27-2)23(26)24-16-20-11-7-8-14-25(20)17-18-9-5-4-6-10-18/h4-6,9-10,12-13,15,20H,3,7-8,11,14,16-17H2,1-2H3,(H,24,26). The van der Waals surface area contributed by atoms with Crippen LogP contribution in [0.2, 0.25) is 0 Å². The number of carbonyl (C=O) groups is 1. The van der Waals surface area contributed by atoms with Gasteiger partial charge < -0.3 is 14.8 Å². The maximum Gasteiger partial charge on any atom is 0.251 e. The number of nitrogens with one attached hydrogen (secondary N) is 1. The Labute approximate surface area is 167 Å². The highest BCUT2D eigenvalue weighted by Gasteiger charge is 2.23. The van der Waals surface area contributed by atoms with Crippen molar-refractivity contribution >= 4 is 5.91 Å². The molecule has 1 N–H and O–H groups in total. The summed E-state index contributed by atoms with van der Waals surface area (Å²) in [4.78, 5) is 15.2. The number of piperidine rings is 1. The molecule has 0 saturated carbocycles. The van der Waals surface area contributed by atoms with Crippen LogP contribution in [-0.2, 0) is 6.54 Å². The number of rotatable bonds is 8. The lowest BCUT2D eigenvalue weighted by atomic mass is 10.0. The van der Waals surface area contributed by atoms with Crippen molar-refractivity contribution in [1.29, 1.82) is 0 Å². The van der Waals surface area contributed by atoms with Crippen LogP contribution in [0.4, 0.5) is 0 Å². The van der Waals surface area contributed by atoms with Gasteiger partial charge in [0.15, 0.2) is 11.5 Å². The summed E-state index contributed by atoms with van der Waals surface area (Å²) < 4.78 is 10.9. The molecule has 1 atom stereocenters. The second-order valence-corrected chi connectivity index (χ2v) is 7.11. The zero-order valence-electron chi connectivity index (χ0n) is 16.8. The molecule has 5 heteroatoms. The molecule has 1 aliphatic rings. The first kappa shape index (κ1) is 20.2. The number of methoxy groups -OCH3 is 1. The summed E-state index contributed by atoms with van der Waals surface area (Å²) in [5.74, 6) is 1.16. The Hall–Kier alpha value is -2.53. The SMILES string of the molecule is CCOc1cc(C(=O)NCC2CCCCN2Cc2ccccc2)ccc1OC. The van der Waals surface area contributed by atoms with Gasteiger partial charge >= 0.3 is 0 Å². The van der Waals surface area contributed by atoms with E-state index in [-0.39, 0.29) is 5.91 Å². The van der Waals surface area contributed by atoms with Gasteiger partial charge in [-0.05, 0) is 50.1 Å². The average Bonchev–Trinajstić information content (AvgIpc) is 2.74. The highest BCUT2D eigenvalue weighted by atomic mass is 16.5. The van der Waals surface area contributed by atoms with E-state index in [0.717, 1.165) is 19.5 Å². The van der Waals surface area contributed by atoms with Gasteiger partial charge in [0, 0.05) is 24.7 Å². The van der Waals surface area contributed by atoms with E-state index in [1.807, 2.05) is 13.0 Å². The molecule has 28 heavy (non-hydrogen) atoms. The molecule has 1 saturated heterocycles. The molecule has 0 spiro atoms. The molecule has 1 aliphatic heterocycles.